The lowest BCUT2D eigenvalue weighted by Gasteiger charge is -2.33. The molecule has 1 rings (SSSR count). The standard InChI is InChI=1S/C22H36O5/c1-16(2)8-10-20(24)17(3)7-6-13-22(5)21(25)11-9-19(15-27-22)12-14-26-18(4)23/h8,12,17,21,25H,6-7,9-11,13-15H2,1-5H3/b19-12+/t17?,21-,22?/m0/s1. The number of aliphatic hydroxyl groups excluding tert-OH is 1. The van der Waals surface area contributed by atoms with E-state index in [1.165, 1.54) is 6.92 Å². The van der Waals surface area contributed by atoms with Crippen molar-refractivity contribution in [2.24, 2.45) is 5.92 Å². The summed E-state index contributed by atoms with van der Waals surface area (Å²) in [5, 5.41) is 10.5. The number of rotatable bonds is 9. The first-order valence-corrected chi connectivity index (χ1v) is 9.93. The quantitative estimate of drug-likeness (QED) is 0.481. The minimum absolute atomic E-state index is 0.0197. The molecule has 1 fully saturated rings. The average molecular weight is 381 g/mol. The Hall–Kier alpha value is -1.46. The number of aliphatic hydroxyl groups is 1. The van der Waals surface area contributed by atoms with Crippen LogP contribution in [0.5, 0.6) is 0 Å². The Morgan fingerprint density at radius 2 is 2.07 bits per heavy atom. The SMILES string of the molecule is CC(=O)OC/C=C1\CC[C@H](O)C(C)(CCCC(C)C(=O)CC=C(C)C)OC1. The zero-order valence-electron chi connectivity index (χ0n) is 17.5. The molecule has 0 aliphatic carbocycles. The van der Waals surface area contributed by atoms with Crippen molar-refractivity contribution in [1.82, 2.24) is 0 Å². The van der Waals surface area contributed by atoms with Crippen molar-refractivity contribution in [3.05, 3.63) is 23.3 Å². The van der Waals surface area contributed by atoms with Crippen molar-refractivity contribution in [3.8, 4) is 0 Å². The second-order valence-electron chi connectivity index (χ2n) is 8.07. The van der Waals surface area contributed by atoms with E-state index in [-0.39, 0.29) is 24.3 Å². The molecule has 27 heavy (non-hydrogen) atoms. The largest absolute Gasteiger partial charge is 0.462 e. The summed E-state index contributed by atoms with van der Waals surface area (Å²) < 4.78 is 11.0. The van der Waals surface area contributed by atoms with E-state index in [1.807, 2.05) is 39.8 Å². The lowest BCUT2D eigenvalue weighted by atomic mass is 9.87. The van der Waals surface area contributed by atoms with Gasteiger partial charge in [0.1, 0.15) is 12.4 Å². The topological polar surface area (TPSA) is 72.8 Å². The fourth-order valence-electron chi connectivity index (χ4n) is 3.16. The Bertz CT molecular complexity index is 559. The van der Waals surface area contributed by atoms with Gasteiger partial charge in [-0.2, -0.15) is 0 Å². The van der Waals surface area contributed by atoms with Gasteiger partial charge in [0.25, 0.3) is 0 Å². The molecule has 0 aromatic carbocycles. The molecule has 0 aromatic heterocycles. The second kappa shape index (κ2) is 11.4. The molecular weight excluding hydrogens is 344 g/mol. The van der Waals surface area contributed by atoms with Crippen molar-refractivity contribution in [2.45, 2.75) is 84.8 Å². The van der Waals surface area contributed by atoms with Gasteiger partial charge >= 0.3 is 5.97 Å². The fourth-order valence-corrected chi connectivity index (χ4v) is 3.16. The van der Waals surface area contributed by atoms with Crippen LogP contribution in [0.25, 0.3) is 0 Å². The summed E-state index contributed by atoms with van der Waals surface area (Å²) in [6, 6.07) is 0. The summed E-state index contributed by atoms with van der Waals surface area (Å²) in [5.41, 5.74) is 1.60. The van der Waals surface area contributed by atoms with Crippen LogP contribution in [0, 0.1) is 5.92 Å². The first kappa shape index (κ1) is 23.6. The molecule has 3 atom stereocenters. The van der Waals surface area contributed by atoms with Crippen LogP contribution in [0.4, 0.5) is 0 Å². The van der Waals surface area contributed by atoms with Crippen LogP contribution in [-0.4, -0.2) is 41.8 Å². The van der Waals surface area contributed by atoms with E-state index in [2.05, 4.69) is 0 Å². The second-order valence-corrected chi connectivity index (χ2v) is 8.07. The van der Waals surface area contributed by atoms with E-state index in [9.17, 15) is 14.7 Å². The fraction of sp³-hybridized carbons (Fsp3) is 0.727. The normalized spacial score (nSPS) is 25.6. The minimum Gasteiger partial charge on any atom is -0.462 e. The molecule has 1 heterocycles. The summed E-state index contributed by atoms with van der Waals surface area (Å²) in [4.78, 5) is 23.0. The van der Waals surface area contributed by atoms with Crippen LogP contribution < -0.4 is 0 Å². The molecule has 1 saturated heterocycles. The highest BCUT2D eigenvalue weighted by Crippen LogP contribution is 2.31. The summed E-state index contributed by atoms with van der Waals surface area (Å²) in [5.74, 6) is -0.0230. The van der Waals surface area contributed by atoms with Crippen LogP contribution in [0.3, 0.4) is 0 Å². The minimum atomic E-state index is -0.611. The predicted molar refractivity (Wildman–Crippen MR) is 106 cm³/mol. The van der Waals surface area contributed by atoms with Gasteiger partial charge in [-0.25, -0.2) is 0 Å². The molecule has 0 bridgehead atoms. The van der Waals surface area contributed by atoms with E-state index in [0.29, 0.717) is 25.9 Å². The Balaban J connectivity index is 2.50. The first-order chi connectivity index (χ1) is 12.6. The third-order valence-corrected chi connectivity index (χ3v) is 5.26. The van der Waals surface area contributed by atoms with Gasteiger partial charge in [0, 0.05) is 19.3 Å². The van der Waals surface area contributed by atoms with Gasteiger partial charge in [-0.1, -0.05) is 18.6 Å². The van der Waals surface area contributed by atoms with Gasteiger partial charge in [0.05, 0.1) is 18.3 Å². The molecule has 5 heteroatoms. The summed E-state index contributed by atoms with van der Waals surface area (Å²) in [6.45, 7) is 9.98. The molecule has 154 valence electrons. The van der Waals surface area contributed by atoms with Gasteiger partial charge in [-0.3, -0.25) is 9.59 Å². The van der Waals surface area contributed by atoms with Crippen LogP contribution >= 0.6 is 0 Å². The Kier molecular flexibility index (Phi) is 9.95. The highest BCUT2D eigenvalue weighted by atomic mass is 16.5. The highest BCUT2D eigenvalue weighted by molar-refractivity contribution is 5.82. The molecule has 0 aromatic rings. The van der Waals surface area contributed by atoms with Crippen LogP contribution in [0.2, 0.25) is 0 Å². The Morgan fingerprint density at radius 1 is 1.37 bits per heavy atom. The number of Topliss-reactive ketones (excluding diaryl/α,β-unsaturated/α-hetero) is 1. The van der Waals surface area contributed by atoms with E-state index >= 15 is 0 Å². The highest BCUT2D eigenvalue weighted by Gasteiger charge is 2.36. The smallest absolute Gasteiger partial charge is 0.302 e. The lowest BCUT2D eigenvalue weighted by molar-refractivity contribution is -0.139. The van der Waals surface area contributed by atoms with E-state index < -0.39 is 11.7 Å². The van der Waals surface area contributed by atoms with Gasteiger partial charge in [-0.15, -0.1) is 0 Å². The molecular formula is C22H36O5. The lowest BCUT2D eigenvalue weighted by Crippen LogP contribution is -2.41. The van der Waals surface area contributed by atoms with Crippen molar-refractivity contribution >= 4 is 11.8 Å². The maximum atomic E-state index is 12.2. The zero-order valence-corrected chi connectivity index (χ0v) is 17.5. The summed E-state index contributed by atoms with van der Waals surface area (Å²) >= 11 is 0. The number of allylic oxidation sites excluding steroid dienone is 2. The van der Waals surface area contributed by atoms with E-state index in [4.69, 9.17) is 9.47 Å². The number of hydrogen-bond donors (Lipinski definition) is 1. The molecule has 5 nitrogen and oxygen atoms in total. The molecule has 0 radical (unpaired) electrons. The number of esters is 1. The summed E-state index contributed by atoms with van der Waals surface area (Å²) in [7, 11) is 0. The summed E-state index contributed by atoms with van der Waals surface area (Å²) in [6.07, 6.45) is 7.49. The Labute approximate surface area is 163 Å². The Morgan fingerprint density at radius 3 is 2.70 bits per heavy atom. The third-order valence-electron chi connectivity index (χ3n) is 5.26. The molecule has 0 saturated carbocycles. The van der Waals surface area contributed by atoms with Gasteiger partial charge in [0.15, 0.2) is 0 Å². The van der Waals surface area contributed by atoms with Crippen LogP contribution in [-0.2, 0) is 19.1 Å². The number of carbonyl (C=O) groups excluding carboxylic acids is 2. The molecule has 2 unspecified atom stereocenters. The van der Waals surface area contributed by atoms with Gasteiger partial charge in [0.2, 0.25) is 0 Å². The molecule has 1 aliphatic heterocycles. The van der Waals surface area contributed by atoms with E-state index in [1.54, 1.807) is 0 Å². The van der Waals surface area contributed by atoms with E-state index in [0.717, 1.165) is 30.4 Å². The number of hydrogen-bond acceptors (Lipinski definition) is 5. The van der Waals surface area contributed by atoms with Crippen LogP contribution in [0.15, 0.2) is 23.3 Å². The first-order valence-electron chi connectivity index (χ1n) is 9.93. The van der Waals surface area contributed by atoms with Crippen molar-refractivity contribution < 1.29 is 24.2 Å². The number of ketones is 1. The monoisotopic (exact) mass is 380 g/mol. The molecule has 1 aliphatic rings. The maximum absolute atomic E-state index is 12.2. The molecule has 0 amide bonds. The molecule has 0 spiro atoms. The number of carbonyl (C=O) groups is 2. The van der Waals surface area contributed by atoms with Crippen LogP contribution in [0.1, 0.15) is 73.1 Å². The average Bonchev–Trinajstić information content (AvgIpc) is 2.73. The van der Waals surface area contributed by atoms with Gasteiger partial charge < -0.3 is 14.6 Å². The van der Waals surface area contributed by atoms with Crippen molar-refractivity contribution in [3.63, 3.8) is 0 Å². The van der Waals surface area contributed by atoms with Crippen molar-refractivity contribution in [2.75, 3.05) is 13.2 Å². The maximum Gasteiger partial charge on any atom is 0.302 e. The van der Waals surface area contributed by atoms with Crippen molar-refractivity contribution in [1.29, 1.82) is 0 Å². The predicted octanol–water partition coefficient (Wildman–Crippen LogP) is 4.14. The number of ether oxygens (including phenoxy) is 2. The third kappa shape index (κ3) is 8.85. The molecule has 1 N–H and O–H groups in total. The zero-order chi connectivity index (χ0) is 20.4. The van der Waals surface area contributed by atoms with Gasteiger partial charge in [-0.05, 0) is 64.5 Å².